The lowest BCUT2D eigenvalue weighted by Crippen LogP contribution is -2.15. The van der Waals surface area contributed by atoms with E-state index in [1.54, 1.807) is 0 Å². The molecule has 0 saturated carbocycles. The first-order chi connectivity index (χ1) is 9.16. The van der Waals surface area contributed by atoms with Crippen LogP contribution in [0.3, 0.4) is 0 Å². The Morgan fingerprint density at radius 2 is 1.68 bits per heavy atom. The van der Waals surface area contributed by atoms with Crippen LogP contribution in [0.1, 0.15) is 16.7 Å². The van der Waals surface area contributed by atoms with Gasteiger partial charge in [0.15, 0.2) is 0 Å². The Hall–Kier alpha value is -2.29. The summed E-state index contributed by atoms with van der Waals surface area (Å²) in [6.45, 7) is 2.44. The molecule has 0 aliphatic rings. The van der Waals surface area contributed by atoms with Crippen LogP contribution in [0.25, 0.3) is 0 Å². The summed E-state index contributed by atoms with van der Waals surface area (Å²) in [7, 11) is 0. The van der Waals surface area contributed by atoms with E-state index in [2.05, 4.69) is 0 Å². The van der Waals surface area contributed by atoms with Crippen LogP contribution in [0.5, 0.6) is 5.75 Å². The number of hydrogen-bond acceptors (Lipinski definition) is 2. The van der Waals surface area contributed by atoms with E-state index in [0.717, 1.165) is 22.4 Å². The second-order valence-electron chi connectivity index (χ2n) is 4.47. The maximum atomic E-state index is 11.0. The normalized spacial score (nSPS) is 10.2. The number of aryl methyl sites for hydroxylation is 1. The van der Waals surface area contributed by atoms with Crippen molar-refractivity contribution in [1.29, 1.82) is 0 Å². The summed E-state index contributed by atoms with van der Waals surface area (Å²) >= 11 is 0. The molecule has 0 aliphatic carbocycles. The van der Waals surface area contributed by atoms with Gasteiger partial charge in [-0.15, -0.1) is 0 Å². The second-order valence-corrected chi connectivity index (χ2v) is 4.47. The molecule has 0 aromatic heterocycles. The quantitative estimate of drug-likeness (QED) is 0.892. The molecule has 0 atom stereocenters. The van der Waals surface area contributed by atoms with Crippen molar-refractivity contribution in [3.05, 3.63) is 65.2 Å². The fourth-order valence-electron chi connectivity index (χ4n) is 1.93. The largest absolute Gasteiger partial charge is 0.489 e. The molecule has 2 aromatic rings. The predicted molar refractivity (Wildman–Crippen MR) is 74.9 cm³/mol. The molecule has 98 valence electrons. The first kappa shape index (κ1) is 13.1. The molecular weight excluding hydrogens is 238 g/mol. The number of rotatable bonds is 5. The van der Waals surface area contributed by atoms with Crippen molar-refractivity contribution in [1.82, 2.24) is 0 Å². The Labute approximate surface area is 113 Å². The fourth-order valence-corrected chi connectivity index (χ4v) is 1.93. The smallest absolute Gasteiger partial charge is 0.221 e. The molecule has 0 heterocycles. The molecule has 3 heteroatoms. The summed E-state index contributed by atoms with van der Waals surface area (Å²) in [6.07, 6.45) is 0.243. The van der Waals surface area contributed by atoms with Gasteiger partial charge in [0.25, 0.3) is 0 Å². The Bertz CT molecular complexity index is 578. The van der Waals surface area contributed by atoms with E-state index >= 15 is 0 Å². The highest BCUT2D eigenvalue weighted by molar-refractivity contribution is 5.76. The number of ether oxygens (including phenoxy) is 1. The predicted octanol–water partition coefficient (Wildman–Crippen LogP) is 2.60. The van der Waals surface area contributed by atoms with Gasteiger partial charge in [-0.25, -0.2) is 0 Å². The molecule has 0 aliphatic heterocycles. The summed E-state index contributed by atoms with van der Waals surface area (Å²) < 4.78 is 5.79. The zero-order chi connectivity index (χ0) is 13.7. The Balaban J connectivity index is 2.11. The molecule has 2 aromatic carbocycles. The van der Waals surface area contributed by atoms with Gasteiger partial charge in [0.2, 0.25) is 5.91 Å². The summed E-state index contributed by atoms with van der Waals surface area (Å²) in [5.41, 5.74) is 8.25. The Morgan fingerprint density at radius 1 is 1.05 bits per heavy atom. The average molecular weight is 255 g/mol. The van der Waals surface area contributed by atoms with Crippen molar-refractivity contribution in [3.8, 4) is 5.75 Å². The first-order valence-corrected chi connectivity index (χ1v) is 6.20. The number of primary amides is 1. The van der Waals surface area contributed by atoms with Crippen molar-refractivity contribution >= 4 is 5.91 Å². The molecule has 0 spiro atoms. The SMILES string of the molecule is Cc1ccccc1OCc1ccccc1CC(N)=O. The highest BCUT2D eigenvalue weighted by atomic mass is 16.5. The topological polar surface area (TPSA) is 52.3 Å². The molecule has 0 saturated heterocycles. The van der Waals surface area contributed by atoms with Crippen LogP contribution in [0.4, 0.5) is 0 Å². The summed E-state index contributed by atoms with van der Waals surface area (Å²) in [5, 5.41) is 0. The standard InChI is InChI=1S/C16H17NO2/c1-12-6-2-5-9-15(12)19-11-14-8-4-3-7-13(14)10-16(17)18/h2-9H,10-11H2,1H3,(H2,17,18). The third-order valence-corrected chi connectivity index (χ3v) is 2.96. The maximum Gasteiger partial charge on any atom is 0.221 e. The lowest BCUT2D eigenvalue weighted by Gasteiger charge is -2.11. The third kappa shape index (κ3) is 3.58. The number of para-hydroxylation sites is 1. The van der Waals surface area contributed by atoms with Gasteiger partial charge in [-0.2, -0.15) is 0 Å². The third-order valence-electron chi connectivity index (χ3n) is 2.96. The fraction of sp³-hybridized carbons (Fsp3) is 0.188. The van der Waals surface area contributed by atoms with E-state index in [4.69, 9.17) is 10.5 Å². The van der Waals surface area contributed by atoms with Crippen LogP contribution in [0.15, 0.2) is 48.5 Å². The number of carbonyl (C=O) groups is 1. The molecule has 0 bridgehead atoms. The second kappa shape index (κ2) is 6.05. The lowest BCUT2D eigenvalue weighted by molar-refractivity contribution is -0.117. The van der Waals surface area contributed by atoms with E-state index < -0.39 is 0 Å². The van der Waals surface area contributed by atoms with Gasteiger partial charge in [-0.3, -0.25) is 4.79 Å². The van der Waals surface area contributed by atoms with Crippen LogP contribution in [-0.4, -0.2) is 5.91 Å². The van der Waals surface area contributed by atoms with Gasteiger partial charge in [-0.1, -0.05) is 42.5 Å². The van der Waals surface area contributed by atoms with Crippen molar-refractivity contribution in [2.75, 3.05) is 0 Å². The van der Waals surface area contributed by atoms with Crippen LogP contribution in [-0.2, 0) is 17.8 Å². The van der Waals surface area contributed by atoms with Crippen LogP contribution >= 0.6 is 0 Å². The first-order valence-electron chi connectivity index (χ1n) is 6.20. The van der Waals surface area contributed by atoms with Crippen LogP contribution in [0.2, 0.25) is 0 Å². The number of nitrogens with two attached hydrogens (primary N) is 1. The number of carbonyl (C=O) groups excluding carboxylic acids is 1. The lowest BCUT2D eigenvalue weighted by atomic mass is 10.1. The Morgan fingerprint density at radius 3 is 2.37 bits per heavy atom. The maximum absolute atomic E-state index is 11.0. The van der Waals surface area contributed by atoms with Crippen molar-refractivity contribution in [3.63, 3.8) is 0 Å². The molecule has 2 rings (SSSR count). The minimum Gasteiger partial charge on any atom is -0.489 e. The van der Waals surface area contributed by atoms with E-state index in [9.17, 15) is 4.79 Å². The van der Waals surface area contributed by atoms with Gasteiger partial charge >= 0.3 is 0 Å². The monoisotopic (exact) mass is 255 g/mol. The minimum absolute atomic E-state index is 0.243. The molecule has 0 radical (unpaired) electrons. The highest BCUT2D eigenvalue weighted by Crippen LogP contribution is 2.19. The summed E-state index contributed by atoms with van der Waals surface area (Å²) in [4.78, 5) is 11.0. The molecular formula is C16H17NO2. The van der Waals surface area contributed by atoms with E-state index in [1.807, 2.05) is 55.5 Å². The number of amides is 1. The van der Waals surface area contributed by atoms with Crippen molar-refractivity contribution < 1.29 is 9.53 Å². The number of benzene rings is 2. The zero-order valence-electron chi connectivity index (χ0n) is 10.9. The van der Waals surface area contributed by atoms with Crippen molar-refractivity contribution in [2.24, 2.45) is 5.73 Å². The molecule has 1 amide bonds. The average Bonchev–Trinajstić information content (AvgIpc) is 2.39. The van der Waals surface area contributed by atoms with Crippen molar-refractivity contribution in [2.45, 2.75) is 20.0 Å². The summed E-state index contributed by atoms with van der Waals surface area (Å²) in [5.74, 6) is 0.528. The van der Waals surface area contributed by atoms with E-state index in [0.29, 0.717) is 6.61 Å². The summed E-state index contributed by atoms with van der Waals surface area (Å²) in [6, 6.07) is 15.5. The van der Waals surface area contributed by atoms with Gasteiger partial charge in [0, 0.05) is 0 Å². The van der Waals surface area contributed by atoms with E-state index in [1.165, 1.54) is 0 Å². The van der Waals surface area contributed by atoms with Crippen LogP contribution < -0.4 is 10.5 Å². The molecule has 0 unspecified atom stereocenters. The van der Waals surface area contributed by atoms with Gasteiger partial charge in [-0.05, 0) is 29.7 Å². The van der Waals surface area contributed by atoms with Gasteiger partial charge in [0.1, 0.15) is 12.4 Å². The van der Waals surface area contributed by atoms with Gasteiger partial charge < -0.3 is 10.5 Å². The van der Waals surface area contributed by atoms with Gasteiger partial charge in [0.05, 0.1) is 6.42 Å². The van der Waals surface area contributed by atoms with Crippen LogP contribution in [0, 0.1) is 6.92 Å². The Kier molecular flexibility index (Phi) is 4.18. The molecule has 2 N–H and O–H groups in total. The highest BCUT2D eigenvalue weighted by Gasteiger charge is 2.06. The molecule has 19 heavy (non-hydrogen) atoms. The number of hydrogen-bond donors (Lipinski definition) is 1. The molecule has 0 fully saturated rings. The molecule has 3 nitrogen and oxygen atoms in total. The zero-order valence-corrected chi connectivity index (χ0v) is 10.9. The minimum atomic E-state index is -0.330. The van der Waals surface area contributed by atoms with E-state index in [-0.39, 0.29) is 12.3 Å².